The number of fused-ring (bicyclic) bond motifs is 1. The molecule has 4 rings (SSSR count). The summed E-state index contributed by atoms with van der Waals surface area (Å²) >= 11 is 0. The van der Waals surface area contributed by atoms with E-state index in [0.717, 1.165) is 22.0 Å². The molecule has 0 unspecified atom stereocenters. The van der Waals surface area contributed by atoms with Crippen molar-refractivity contribution >= 4 is 22.5 Å². The average molecular weight is 365 g/mol. The lowest BCUT2D eigenvalue weighted by Gasteiger charge is -2.36. The Bertz CT molecular complexity index is 908. The second-order valence-electron chi connectivity index (χ2n) is 7.22. The number of carbonyl (C=O) groups excluding carboxylic acids is 1. The minimum atomic E-state index is -0.284. The van der Waals surface area contributed by atoms with Gasteiger partial charge >= 0.3 is 6.03 Å². The highest BCUT2D eigenvalue weighted by atomic mass is 16.3. The van der Waals surface area contributed by atoms with Crippen LogP contribution in [-0.4, -0.2) is 63.4 Å². The van der Waals surface area contributed by atoms with E-state index in [1.165, 1.54) is 0 Å². The van der Waals surface area contributed by atoms with Gasteiger partial charge in [0, 0.05) is 37.1 Å². The van der Waals surface area contributed by atoms with Crippen molar-refractivity contribution in [3.05, 3.63) is 35.5 Å². The summed E-state index contributed by atoms with van der Waals surface area (Å²) in [5, 5.41) is 27.4. The molecule has 1 aromatic carbocycles. The van der Waals surface area contributed by atoms with E-state index in [2.05, 4.69) is 16.3 Å². The number of carbonyl (C=O) groups is 1. The van der Waals surface area contributed by atoms with Crippen LogP contribution in [0, 0.1) is 11.3 Å². The minimum absolute atomic E-state index is 0.0522. The van der Waals surface area contributed by atoms with Gasteiger partial charge in [0.1, 0.15) is 0 Å². The summed E-state index contributed by atoms with van der Waals surface area (Å²) in [6.07, 6.45) is 4.19. The number of hydrogen-bond acceptors (Lipinski definition) is 4. The Kier molecular flexibility index (Phi) is 4.82. The maximum absolute atomic E-state index is 12.7. The van der Waals surface area contributed by atoms with E-state index < -0.39 is 0 Å². The van der Waals surface area contributed by atoms with Gasteiger partial charge in [-0.3, -0.25) is 5.10 Å². The van der Waals surface area contributed by atoms with Crippen molar-refractivity contribution in [3.63, 3.8) is 0 Å². The summed E-state index contributed by atoms with van der Waals surface area (Å²) in [7, 11) is 0. The molecule has 2 saturated heterocycles. The van der Waals surface area contributed by atoms with Crippen LogP contribution in [0.25, 0.3) is 16.5 Å². The molecule has 7 heteroatoms. The fourth-order valence-corrected chi connectivity index (χ4v) is 3.99. The van der Waals surface area contributed by atoms with Gasteiger partial charge in [0.25, 0.3) is 0 Å². The number of rotatable bonds is 1. The number of aromatic nitrogens is 2. The molecule has 2 aliphatic rings. The Hall–Kier alpha value is -2.85. The third kappa shape index (κ3) is 3.40. The van der Waals surface area contributed by atoms with E-state index in [9.17, 15) is 15.2 Å². The predicted octanol–water partition coefficient (Wildman–Crippen LogP) is 2.51. The van der Waals surface area contributed by atoms with Crippen LogP contribution < -0.4 is 0 Å². The highest BCUT2D eigenvalue weighted by Crippen LogP contribution is 2.30. The van der Waals surface area contributed by atoms with Crippen molar-refractivity contribution in [2.75, 3.05) is 26.2 Å². The highest BCUT2D eigenvalue weighted by molar-refractivity contribution is 5.96. The SMILES string of the molecule is N#CC(=C1CCN(C(=O)N2CCC(O)CC2)CC1)c1cccc2[nH]ncc12. The van der Waals surface area contributed by atoms with Crippen LogP contribution in [0.4, 0.5) is 4.79 Å². The van der Waals surface area contributed by atoms with Crippen LogP contribution in [-0.2, 0) is 0 Å². The minimum Gasteiger partial charge on any atom is -0.393 e. The van der Waals surface area contributed by atoms with Gasteiger partial charge in [-0.2, -0.15) is 10.4 Å². The summed E-state index contributed by atoms with van der Waals surface area (Å²) < 4.78 is 0. The zero-order valence-corrected chi connectivity index (χ0v) is 15.2. The summed E-state index contributed by atoms with van der Waals surface area (Å²) in [6.45, 7) is 2.48. The Balaban J connectivity index is 1.50. The van der Waals surface area contributed by atoms with Crippen LogP contribution >= 0.6 is 0 Å². The summed E-state index contributed by atoms with van der Waals surface area (Å²) in [5.74, 6) is 0. The zero-order valence-electron chi connectivity index (χ0n) is 15.2. The molecule has 0 atom stereocenters. The van der Waals surface area contributed by atoms with Crippen LogP contribution in [0.3, 0.4) is 0 Å². The normalized spacial score (nSPS) is 18.6. The number of allylic oxidation sites excluding steroid dienone is 1. The standard InChI is InChI=1S/C20H23N5O2/c21-12-17(16-2-1-3-19-18(16)13-22-23-19)14-4-8-24(9-5-14)20(27)25-10-6-15(26)7-11-25/h1-3,13,15,26H,4-11H2,(H,22,23). The number of H-pyrrole nitrogens is 1. The number of nitrogens with one attached hydrogen (secondary N) is 1. The Morgan fingerprint density at radius 3 is 2.59 bits per heavy atom. The van der Waals surface area contributed by atoms with E-state index in [0.29, 0.717) is 57.4 Å². The number of aromatic amines is 1. The molecule has 2 fully saturated rings. The van der Waals surface area contributed by atoms with Gasteiger partial charge in [-0.1, -0.05) is 12.1 Å². The second-order valence-corrected chi connectivity index (χ2v) is 7.22. The lowest BCUT2D eigenvalue weighted by Crippen LogP contribution is -2.49. The van der Waals surface area contributed by atoms with Crippen molar-refractivity contribution < 1.29 is 9.90 Å². The monoisotopic (exact) mass is 365 g/mol. The third-order valence-corrected chi connectivity index (χ3v) is 5.59. The molecule has 0 aliphatic carbocycles. The van der Waals surface area contributed by atoms with E-state index >= 15 is 0 Å². The van der Waals surface area contributed by atoms with Crippen LogP contribution in [0.15, 0.2) is 30.0 Å². The molecule has 2 aromatic rings. The molecule has 2 N–H and O–H groups in total. The van der Waals surface area contributed by atoms with E-state index in [4.69, 9.17) is 0 Å². The van der Waals surface area contributed by atoms with Gasteiger partial charge in [0.05, 0.1) is 29.5 Å². The quantitative estimate of drug-likeness (QED) is 0.759. The topological polar surface area (TPSA) is 96.3 Å². The number of benzene rings is 1. The van der Waals surface area contributed by atoms with Crippen LogP contribution in [0.1, 0.15) is 31.2 Å². The Morgan fingerprint density at radius 1 is 1.19 bits per heavy atom. The smallest absolute Gasteiger partial charge is 0.320 e. The number of aliphatic hydroxyl groups excluding tert-OH is 1. The number of urea groups is 1. The fraction of sp³-hybridized carbons (Fsp3) is 0.450. The third-order valence-electron chi connectivity index (χ3n) is 5.59. The van der Waals surface area contributed by atoms with E-state index in [1.54, 1.807) is 6.20 Å². The van der Waals surface area contributed by atoms with Gasteiger partial charge in [-0.05, 0) is 37.3 Å². The van der Waals surface area contributed by atoms with Crippen molar-refractivity contribution in [2.24, 2.45) is 0 Å². The van der Waals surface area contributed by atoms with Gasteiger partial charge in [-0.15, -0.1) is 0 Å². The first-order chi connectivity index (χ1) is 13.2. The number of hydrogen-bond donors (Lipinski definition) is 2. The maximum Gasteiger partial charge on any atom is 0.320 e. The maximum atomic E-state index is 12.7. The number of aliphatic hydroxyl groups is 1. The van der Waals surface area contributed by atoms with E-state index in [1.807, 2.05) is 28.0 Å². The summed E-state index contributed by atoms with van der Waals surface area (Å²) in [4.78, 5) is 16.4. The predicted molar refractivity (Wildman–Crippen MR) is 102 cm³/mol. The molecular formula is C20H23N5O2. The molecule has 3 heterocycles. The number of amides is 2. The molecule has 0 spiro atoms. The van der Waals surface area contributed by atoms with Crippen molar-refractivity contribution in [1.82, 2.24) is 20.0 Å². The molecular weight excluding hydrogens is 342 g/mol. The molecule has 0 radical (unpaired) electrons. The van der Waals surface area contributed by atoms with Crippen molar-refractivity contribution in [2.45, 2.75) is 31.8 Å². The first-order valence-corrected chi connectivity index (χ1v) is 9.44. The largest absolute Gasteiger partial charge is 0.393 e. The van der Waals surface area contributed by atoms with Crippen molar-refractivity contribution in [1.29, 1.82) is 5.26 Å². The number of likely N-dealkylation sites (tertiary alicyclic amines) is 2. The average Bonchev–Trinajstić information content (AvgIpc) is 3.19. The zero-order chi connectivity index (χ0) is 18.8. The molecule has 1 aromatic heterocycles. The van der Waals surface area contributed by atoms with Gasteiger partial charge in [0.2, 0.25) is 0 Å². The second kappa shape index (κ2) is 7.41. The fourth-order valence-electron chi connectivity index (χ4n) is 3.99. The number of nitrogens with zero attached hydrogens (tertiary/aromatic N) is 4. The first kappa shape index (κ1) is 17.6. The molecule has 7 nitrogen and oxygen atoms in total. The Morgan fingerprint density at radius 2 is 1.89 bits per heavy atom. The summed E-state index contributed by atoms with van der Waals surface area (Å²) in [5.41, 5.74) is 3.63. The van der Waals surface area contributed by atoms with Gasteiger partial charge < -0.3 is 14.9 Å². The van der Waals surface area contributed by atoms with Gasteiger partial charge in [0.15, 0.2) is 0 Å². The lowest BCUT2D eigenvalue weighted by atomic mass is 9.92. The molecule has 0 bridgehead atoms. The molecule has 140 valence electrons. The Labute approximate surface area is 157 Å². The highest BCUT2D eigenvalue weighted by Gasteiger charge is 2.28. The molecule has 0 saturated carbocycles. The van der Waals surface area contributed by atoms with Crippen LogP contribution in [0.2, 0.25) is 0 Å². The van der Waals surface area contributed by atoms with Crippen LogP contribution in [0.5, 0.6) is 0 Å². The number of piperidine rings is 2. The van der Waals surface area contributed by atoms with Gasteiger partial charge in [-0.25, -0.2) is 4.79 Å². The van der Waals surface area contributed by atoms with E-state index in [-0.39, 0.29) is 12.1 Å². The number of nitriles is 1. The first-order valence-electron chi connectivity index (χ1n) is 9.44. The molecule has 2 amide bonds. The summed E-state index contributed by atoms with van der Waals surface area (Å²) in [6, 6.07) is 8.26. The molecule has 2 aliphatic heterocycles. The van der Waals surface area contributed by atoms with Crippen molar-refractivity contribution in [3.8, 4) is 6.07 Å². The molecule has 27 heavy (non-hydrogen) atoms. The lowest BCUT2D eigenvalue weighted by molar-refractivity contribution is 0.0803.